The Hall–Kier alpha value is -2.56. The summed E-state index contributed by atoms with van der Waals surface area (Å²) in [5.41, 5.74) is 2.76. The summed E-state index contributed by atoms with van der Waals surface area (Å²) in [5, 5.41) is 6.57. The van der Waals surface area contributed by atoms with Crippen LogP contribution in [0.3, 0.4) is 0 Å². The van der Waals surface area contributed by atoms with E-state index in [4.69, 9.17) is 4.74 Å². The number of nitrogens with zero attached hydrogens (tertiary/aromatic N) is 1. The highest BCUT2D eigenvalue weighted by atomic mass is 19.1. The molecule has 5 heteroatoms. The summed E-state index contributed by atoms with van der Waals surface area (Å²) in [5.74, 6) is 1.36. The van der Waals surface area contributed by atoms with Crippen molar-refractivity contribution in [3.05, 3.63) is 65.0 Å². The molecule has 2 aromatic rings. The van der Waals surface area contributed by atoms with Gasteiger partial charge in [0.15, 0.2) is 5.96 Å². The largest absolute Gasteiger partial charge is 0.497 e. The average Bonchev–Trinajstić information content (AvgIpc) is 2.63. The molecule has 1 atom stereocenters. The van der Waals surface area contributed by atoms with E-state index in [9.17, 15) is 4.39 Å². The predicted octanol–water partition coefficient (Wildman–Crippen LogP) is 3.61. The van der Waals surface area contributed by atoms with E-state index in [0.29, 0.717) is 11.5 Å². The fourth-order valence-electron chi connectivity index (χ4n) is 2.48. The van der Waals surface area contributed by atoms with E-state index in [1.165, 1.54) is 5.56 Å². The number of benzene rings is 2. The van der Waals surface area contributed by atoms with Gasteiger partial charge in [-0.05, 0) is 55.2 Å². The van der Waals surface area contributed by atoms with E-state index in [2.05, 4.69) is 27.8 Å². The van der Waals surface area contributed by atoms with Crippen LogP contribution in [0.2, 0.25) is 0 Å². The maximum Gasteiger partial charge on any atom is 0.191 e. The van der Waals surface area contributed by atoms with Gasteiger partial charge in [0.1, 0.15) is 11.6 Å². The molecule has 0 saturated carbocycles. The first-order valence-electron chi connectivity index (χ1n) is 8.39. The van der Waals surface area contributed by atoms with Crippen LogP contribution in [0, 0.1) is 12.7 Å². The third kappa shape index (κ3) is 5.48. The highest BCUT2D eigenvalue weighted by Crippen LogP contribution is 2.16. The lowest BCUT2D eigenvalue weighted by Crippen LogP contribution is -2.39. The van der Waals surface area contributed by atoms with Gasteiger partial charge in [0.2, 0.25) is 0 Å². The Morgan fingerprint density at radius 1 is 1.20 bits per heavy atom. The molecule has 0 aliphatic heterocycles. The lowest BCUT2D eigenvalue weighted by molar-refractivity contribution is 0.414. The van der Waals surface area contributed by atoms with Crippen LogP contribution in [-0.4, -0.2) is 26.7 Å². The number of hydrogen-bond donors (Lipinski definition) is 2. The molecule has 0 radical (unpaired) electrons. The Morgan fingerprint density at radius 3 is 2.52 bits per heavy atom. The van der Waals surface area contributed by atoms with Crippen LogP contribution in [0.4, 0.5) is 4.39 Å². The van der Waals surface area contributed by atoms with Gasteiger partial charge in [-0.25, -0.2) is 4.39 Å². The van der Waals surface area contributed by atoms with Crippen LogP contribution in [0.1, 0.15) is 29.7 Å². The molecule has 0 bridgehead atoms. The summed E-state index contributed by atoms with van der Waals surface area (Å²) < 4.78 is 18.9. The predicted molar refractivity (Wildman–Crippen MR) is 101 cm³/mol. The second kappa shape index (κ2) is 9.06. The topological polar surface area (TPSA) is 45.7 Å². The molecular weight excluding hydrogens is 317 g/mol. The molecule has 1 unspecified atom stereocenters. The second-order valence-electron chi connectivity index (χ2n) is 5.97. The molecule has 2 aromatic carbocycles. The first kappa shape index (κ1) is 18.8. The Labute approximate surface area is 149 Å². The van der Waals surface area contributed by atoms with E-state index in [-0.39, 0.29) is 11.9 Å². The highest BCUT2D eigenvalue weighted by molar-refractivity contribution is 5.80. The highest BCUT2D eigenvalue weighted by Gasteiger charge is 2.09. The second-order valence-corrected chi connectivity index (χ2v) is 5.97. The van der Waals surface area contributed by atoms with Crippen molar-refractivity contribution in [2.45, 2.75) is 26.3 Å². The van der Waals surface area contributed by atoms with Gasteiger partial charge in [0, 0.05) is 13.6 Å². The number of nitrogens with one attached hydrogen (secondary N) is 2. The van der Waals surface area contributed by atoms with Crippen LogP contribution in [0.15, 0.2) is 47.5 Å². The van der Waals surface area contributed by atoms with Gasteiger partial charge in [0.25, 0.3) is 0 Å². The van der Waals surface area contributed by atoms with Gasteiger partial charge in [-0.1, -0.05) is 24.3 Å². The van der Waals surface area contributed by atoms with Gasteiger partial charge in [-0.15, -0.1) is 0 Å². The monoisotopic (exact) mass is 343 g/mol. The van der Waals surface area contributed by atoms with Crippen LogP contribution >= 0.6 is 0 Å². The number of aryl methyl sites for hydroxylation is 1. The van der Waals surface area contributed by atoms with Crippen LogP contribution in [0.5, 0.6) is 5.75 Å². The molecular formula is C20H26FN3O. The normalized spacial score (nSPS) is 12.6. The summed E-state index contributed by atoms with van der Waals surface area (Å²) >= 11 is 0. The van der Waals surface area contributed by atoms with E-state index < -0.39 is 0 Å². The number of hydrogen-bond acceptors (Lipinski definition) is 2. The quantitative estimate of drug-likeness (QED) is 0.622. The lowest BCUT2D eigenvalue weighted by Gasteiger charge is -2.18. The summed E-state index contributed by atoms with van der Waals surface area (Å²) in [4.78, 5) is 4.23. The molecule has 0 aliphatic carbocycles. The fraction of sp³-hybridized carbons (Fsp3) is 0.350. The Bertz CT molecular complexity index is 713. The van der Waals surface area contributed by atoms with Crippen LogP contribution in [-0.2, 0) is 6.42 Å². The lowest BCUT2D eigenvalue weighted by atomic mass is 10.1. The Balaban J connectivity index is 1.86. The minimum absolute atomic E-state index is 0.0395. The van der Waals surface area contributed by atoms with Gasteiger partial charge in [-0.3, -0.25) is 4.99 Å². The minimum atomic E-state index is -0.186. The summed E-state index contributed by atoms with van der Waals surface area (Å²) in [7, 11) is 3.39. The van der Waals surface area contributed by atoms with Crippen molar-refractivity contribution in [3.8, 4) is 5.75 Å². The molecule has 0 spiro atoms. The molecule has 0 fully saturated rings. The van der Waals surface area contributed by atoms with Crippen molar-refractivity contribution in [2.75, 3.05) is 20.7 Å². The van der Waals surface area contributed by atoms with Crippen LogP contribution in [0.25, 0.3) is 0 Å². The zero-order chi connectivity index (χ0) is 18.2. The van der Waals surface area contributed by atoms with Crippen molar-refractivity contribution in [2.24, 2.45) is 4.99 Å². The van der Waals surface area contributed by atoms with E-state index in [0.717, 1.165) is 24.3 Å². The van der Waals surface area contributed by atoms with Crippen molar-refractivity contribution in [3.63, 3.8) is 0 Å². The first-order valence-corrected chi connectivity index (χ1v) is 8.39. The summed E-state index contributed by atoms with van der Waals surface area (Å²) in [6.45, 7) is 4.50. The molecule has 2 N–H and O–H groups in total. The van der Waals surface area contributed by atoms with E-state index >= 15 is 0 Å². The molecule has 0 saturated heterocycles. The standard InChI is InChI=1S/C20H26FN3O/c1-14-5-8-17(13-19(14)21)15(2)24-20(22-3)23-12-11-16-6-9-18(25-4)10-7-16/h5-10,13,15H,11-12H2,1-4H3,(H2,22,23,24). The third-order valence-electron chi connectivity index (χ3n) is 4.14. The number of halogens is 1. The smallest absolute Gasteiger partial charge is 0.191 e. The molecule has 0 amide bonds. The average molecular weight is 343 g/mol. The maximum atomic E-state index is 13.7. The first-order chi connectivity index (χ1) is 12.0. The minimum Gasteiger partial charge on any atom is -0.497 e. The third-order valence-corrected chi connectivity index (χ3v) is 4.14. The van der Waals surface area contributed by atoms with E-state index in [1.807, 2.05) is 25.1 Å². The Kier molecular flexibility index (Phi) is 6.81. The van der Waals surface area contributed by atoms with Crippen molar-refractivity contribution in [1.82, 2.24) is 10.6 Å². The fourth-order valence-corrected chi connectivity index (χ4v) is 2.48. The number of rotatable bonds is 6. The molecule has 134 valence electrons. The summed E-state index contributed by atoms with van der Waals surface area (Å²) in [6.07, 6.45) is 0.873. The number of guanidine groups is 1. The SMILES string of the molecule is CN=C(NCCc1ccc(OC)cc1)NC(C)c1ccc(C)c(F)c1. The molecule has 0 heterocycles. The van der Waals surface area contributed by atoms with Gasteiger partial charge < -0.3 is 15.4 Å². The zero-order valence-electron chi connectivity index (χ0n) is 15.3. The number of aliphatic imine (C=N–C) groups is 1. The van der Waals surface area contributed by atoms with Gasteiger partial charge in [-0.2, -0.15) is 0 Å². The Morgan fingerprint density at radius 2 is 1.92 bits per heavy atom. The van der Waals surface area contributed by atoms with Crippen molar-refractivity contribution < 1.29 is 9.13 Å². The number of methoxy groups -OCH3 is 1. The molecule has 2 rings (SSSR count). The van der Waals surface area contributed by atoms with Crippen LogP contribution < -0.4 is 15.4 Å². The number of ether oxygens (including phenoxy) is 1. The van der Waals surface area contributed by atoms with Gasteiger partial charge >= 0.3 is 0 Å². The van der Waals surface area contributed by atoms with Crippen molar-refractivity contribution in [1.29, 1.82) is 0 Å². The maximum absolute atomic E-state index is 13.7. The van der Waals surface area contributed by atoms with Crippen molar-refractivity contribution >= 4 is 5.96 Å². The molecule has 0 aliphatic rings. The molecule has 25 heavy (non-hydrogen) atoms. The zero-order valence-corrected chi connectivity index (χ0v) is 15.3. The van der Waals surface area contributed by atoms with E-state index in [1.54, 1.807) is 33.2 Å². The molecule has 0 aromatic heterocycles. The summed E-state index contributed by atoms with van der Waals surface area (Å²) in [6, 6.07) is 13.3. The molecule has 4 nitrogen and oxygen atoms in total. The van der Waals surface area contributed by atoms with Gasteiger partial charge in [0.05, 0.1) is 13.2 Å².